The van der Waals surface area contributed by atoms with Crippen molar-refractivity contribution in [2.24, 2.45) is 0 Å². The summed E-state index contributed by atoms with van der Waals surface area (Å²) in [6.07, 6.45) is 5.13. The number of benzene rings is 1. The molecule has 0 saturated heterocycles. The van der Waals surface area contributed by atoms with Gasteiger partial charge in [-0.2, -0.15) is 5.10 Å². The number of hydrogen-bond acceptors (Lipinski definition) is 6. The van der Waals surface area contributed by atoms with Crippen LogP contribution >= 0.6 is 15.9 Å². The molecule has 0 aliphatic rings. The van der Waals surface area contributed by atoms with Crippen LogP contribution in [-0.4, -0.2) is 30.6 Å². The summed E-state index contributed by atoms with van der Waals surface area (Å²) in [5, 5.41) is 10.7. The van der Waals surface area contributed by atoms with E-state index in [1.165, 1.54) is 0 Å². The zero-order valence-corrected chi connectivity index (χ0v) is 19.0. The Morgan fingerprint density at radius 3 is 2.84 bits per heavy atom. The monoisotopic (exact) mass is 479 g/mol. The molecule has 0 fully saturated rings. The topological polar surface area (TPSA) is 97.6 Å². The average Bonchev–Trinajstić information content (AvgIpc) is 3.18. The van der Waals surface area contributed by atoms with Gasteiger partial charge in [-0.25, -0.2) is 15.0 Å². The number of hydrogen-bond donors (Lipinski definition) is 2. The number of carbonyl (C=O) groups excluding carboxylic acids is 1. The quantitative estimate of drug-likeness (QED) is 0.387. The normalized spacial score (nSPS) is 12.0. The van der Waals surface area contributed by atoms with Crippen LogP contribution in [0.2, 0.25) is 0 Å². The summed E-state index contributed by atoms with van der Waals surface area (Å²) >= 11 is 3.35. The fraction of sp³-hybridized carbons (Fsp3) is 0.227. The van der Waals surface area contributed by atoms with Crippen molar-refractivity contribution in [3.63, 3.8) is 0 Å². The van der Waals surface area contributed by atoms with E-state index in [1.54, 1.807) is 18.5 Å². The lowest BCUT2D eigenvalue weighted by Gasteiger charge is -2.16. The fourth-order valence-electron chi connectivity index (χ4n) is 3.15. The minimum atomic E-state index is -0.205. The van der Waals surface area contributed by atoms with Crippen LogP contribution in [0.5, 0.6) is 0 Å². The van der Waals surface area contributed by atoms with Gasteiger partial charge >= 0.3 is 0 Å². The molecule has 0 bridgehead atoms. The van der Waals surface area contributed by atoms with E-state index in [9.17, 15) is 4.79 Å². The minimum Gasteiger partial charge on any atom is -0.362 e. The van der Waals surface area contributed by atoms with Crippen molar-refractivity contribution in [2.75, 3.05) is 10.6 Å². The van der Waals surface area contributed by atoms with Gasteiger partial charge in [-0.15, -0.1) is 0 Å². The maximum Gasteiger partial charge on any atom is 0.257 e. The SMILES string of the molecule is CCn1cc2ncc(N[C@@H](C)c3cccc(NC(=O)c4cnc(Br)c(C)c4)c3)nc2n1. The zero-order valence-electron chi connectivity index (χ0n) is 17.4. The first kappa shape index (κ1) is 20.9. The van der Waals surface area contributed by atoms with Crippen LogP contribution < -0.4 is 10.6 Å². The van der Waals surface area contributed by atoms with Gasteiger partial charge in [0.25, 0.3) is 5.91 Å². The Balaban J connectivity index is 1.48. The Morgan fingerprint density at radius 1 is 1.23 bits per heavy atom. The van der Waals surface area contributed by atoms with Crippen LogP contribution in [0.15, 0.2) is 53.5 Å². The molecule has 1 aromatic carbocycles. The molecule has 4 aromatic rings. The highest BCUT2D eigenvalue weighted by molar-refractivity contribution is 9.10. The van der Waals surface area contributed by atoms with Gasteiger partial charge in [-0.1, -0.05) is 12.1 Å². The van der Waals surface area contributed by atoms with E-state index in [4.69, 9.17) is 0 Å². The van der Waals surface area contributed by atoms with E-state index in [0.717, 1.165) is 27.8 Å². The Hall–Kier alpha value is -3.33. The Morgan fingerprint density at radius 2 is 2.06 bits per heavy atom. The number of aromatic nitrogens is 5. The van der Waals surface area contributed by atoms with Crippen LogP contribution in [-0.2, 0) is 6.54 Å². The Labute approximate surface area is 188 Å². The van der Waals surface area contributed by atoms with Gasteiger partial charge in [-0.05, 0) is 66.0 Å². The Kier molecular flexibility index (Phi) is 5.94. The van der Waals surface area contributed by atoms with Crippen molar-refractivity contribution in [3.05, 3.63) is 70.2 Å². The number of anilines is 2. The van der Waals surface area contributed by atoms with Crippen LogP contribution in [0.3, 0.4) is 0 Å². The first-order valence-electron chi connectivity index (χ1n) is 9.93. The summed E-state index contributed by atoms with van der Waals surface area (Å²) in [5.74, 6) is 0.441. The third-order valence-corrected chi connectivity index (χ3v) is 5.72. The number of aryl methyl sites for hydroxylation is 2. The fourth-order valence-corrected chi connectivity index (χ4v) is 3.37. The number of halogens is 1. The second-order valence-electron chi connectivity index (χ2n) is 7.23. The van der Waals surface area contributed by atoms with E-state index < -0.39 is 0 Å². The van der Waals surface area contributed by atoms with Gasteiger partial charge in [0, 0.05) is 18.4 Å². The highest BCUT2D eigenvalue weighted by Gasteiger charge is 2.12. The summed E-state index contributed by atoms with van der Waals surface area (Å²) in [4.78, 5) is 25.8. The molecule has 9 heteroatoms. The number of nitrogens with zero attached hydrogens (tertiary/aromatic N) is 5. The molecule has 0 radical (unpaired) electrons. The van der Waals surface area contributed by atoms with Crippen molar-refractivity contribution < 1.29 is 4.79 Å². The number of rotatable bonds is 6. The highest BCUT2D eigenvalue weighted by Crippen LogP contribution is 2.22. The van der Waals surface area contributed by atoms with E-state index in [0.29, 0.717) is 22.7 Å². The molecule has 3 heterocycles. The molecule has 0 spiro atoms. The van der Waals surface area contributed by atoms with Crippen molar-refractivity contribution in [1.82, 2.24) is 24.7 Å². The maximum absolute atomic E-state index is 12.6. The van der Waals surface area contributed by atoms with Gasteiger partial charge in [0.2, 0.25) is 5.65 Å². The second kappa shape index (κ2) is 8.81. The van der Waals surface area contributed by atoms with Crippen LogP contribution in [0, 0.1) is 6.92 Å². The van der Waals surface area contributed by atoms with E-state index in [2.05, 4.69) is 46.6 Å². The van der Waals surface area contributed by atoms with E-state index >= 15 is 0 Å². The third kappa shape index (κ3) is 4.72. The van der Waals surface area contributed by atoms with Crippen molar-refractivity contribution in [2.45, 2.75) is 33.4 Å². The number of nitrogens with one attached hydrogen (secondary N) is 2. The lowest BCUT2D eigenvalue weighted by molar-refractivity contribution is 0.102. The minimum absolute atomic E-state index is 0.0477. The molecule has 3 aromatic heterocycles. The molecule has 1 atom stereocenters. The first-order valence-corrected chi connectivity index (χ1v) is 10.7. The van der Waals surface area contributed by atoms with Crippen molar-refractivity contribution in [3.8, 4) is 0 Å². The molecule has 0 aliphatic carbocycles. The van der Waals surface area contributed by atoms with Gasteiger partial charge < -0.3 is 10.6 Å². The van der Waals surface area contributed by atoms with Gasteiger partial charge in [0.15, 0.2) is 0 Å². The summed E-state index contributed by atoms with van der Waals surface area (Å²) < 4.78 is 2.54. The van der Waals surface area contributed by atoms with Crippen LogP contribution in [0.25, 0.3) is 11.2 Å². The Bertz CT molecular complexity index is 1250. The lowest BCUT2D eigenvalue weighted by Crippen LogP contribution is -2.13. The number of carbonyl (C=O) groups is 1. The van der Waals surface area contributed by atoms with Gasteiger partial charge in [-0.3, -0.25) is 9.48 Å². The average molecular weight is 480 g/mol. The molecule has 31 heavy (non-hydrogen) atoms. The molecule has 158 valence electrons. The van der Waals surface area contributed by atoms with Gasteiger partial charge in [0.05, 0.1) is 24.0 Å². The lowest BCUT2D eigenvalue weighted by atomic mass is 10.1. The number of pyridine rings is 1. The zero-order chi connectivity index (χ0) is 22.0. The predicted molar refractivity (Wildman–Crippen MR) is 124 cm³/mol. The van der Waals surface area contributed by atoms with Gasteiger partial charge in [0.1, 0.15) is 15.9 Å². The van der Waals surface area contributed by atoms with E-state index in [-0.39, 0.29) is 11.9 Å². The summed E-state index contributed by atoms with van der Waals surface area (Å²) in [7, 11) is 0. The first-order chi connectivity index (χ1) is 14.9. The molecule has 0 unspecified atom stereocenters. The van der Waals surface area contributed by atoms with Crippen molar-refractivity contribution >= 4 is 44.5 Å². The molecule has 8 nitrogen and oxygen atoms in total. The van der Waals surface area contributed by atoms with Crippen molar-refractivity contribution in [1.29, 1.82) is 0 Å². The molecule has 0 saturated carbocycles. The maximum atomic E-state index is 12.6. The standard InChI is InChI=1S/C22H22BrN7O/c1-4-30-12-18-21(29-30)28-19(11-24-18)26-14(3)15-6-5-7-17(9-15)27-22(31)16-8-13(2)20(23)25-10-16/h5-12,14H,4H2,1-3H3,(H,27,31)(H,26,28,29)/t14-/m0/s1. The molecule has 2 N–H and O–H groups in total. The smallest absolute Gasteiger partial charge is 0.257 e. The van der Waals surface area contributed by atoms with Crippen LogP contribution in [0.1, 0.15) is 41.4 Å². The molecule has 0 aliphatic heterocycles. The largest absolute Gasteiger partial charge is 0.362 e. The number of fused-ring (bicyclic) bond motifs is 1. The highest BCUT2D eigenvalue weighted by atomic mass is 79.9. The summed E-state index contributed by atoms with van der Waals surface area (Å²) in [6, 6.07) is 9.45. The third-order valence-electron chi connectivity index (χ3n) is 4.89. The molecular formula is C22H22BrN7O. The molecule has 1 amide bonds. The second-order valence-corrected chi connectivity index (χ2v) is 7.98. The molecule has 4 rings (SSSR count). The van der Waals surface area contributed by atoms with Crippen LogP contribution in [0.4, 0.5) is 11.5 Å². The van der Waals surface area contributed by atoms with E-state index in [1.807, 2.05) is 55.9 Å². The molecular weight excluding hydrogens is 458 g/mol. The number of amides is 1. The summed E-state index contributed by atoms with van der Waals surface area (Å²) in [6.45, 7) is 6.72. The predicted octanol–water partition coefficient (Wildman–Crippen LogP) is 4.74. The summed E-state index contributed by atoms with van der Waals surface area (Å²) in [5.41, 5.74) is 4.50.